The topological polar surface area (TPSA) is 73.9 Å². The summed E-state index contributed by atoms with van der Waals surface area (Å²) in [6, 6.07) is 19.7. The molecule has 3 aromatic rings. The first kappa shape index (κ1) is 31.7. The molecule has 0 aliphatic rings. The number of nitrogens with one attached hydrogen (secondary N) is 1. The minimum Gasteiger partial charge on any atom is -0.493 e. The fraction of sp³-hybridized carbons (Fsp3) is 0.429. The quantitative estimate of drug-likeness (QED) is 0.159. The number of anilines is 1. The molecule has 3 aromatic carbocycles. The molecule has 0 bridgehead atoms. The van der Waals surface area contributed by atoms with E-state index in [1.165, 1.54) is 5.56 Å². The Morgan fingerprint density at radius 3 is 2.22 bits per heavy atom. The van der Waals surface area contributed by atoms with Crippen molar-refractivity contribution in [3.05, 3.63) is 88.5 Å². The average molecular weight is 560 g/mol. The summed E-state index contributed by atoms with van der Waals surface area (Å²) < 4.78 is 17.4. The molecule has 0 aliphatic carbocycles. The Kier molecular flexibility index (Phi) is 11.8. The summed E-state index contributed by atoms with van der Waals surface area (Å²) in [6.07, 6.45) is 1.75. The summed E-state index contributed by atoms with van der Waals surface area (Å²) in [4.78, 5) is 24.8. The summed E-state index contributed by atoms with van der Waals surface area (Å²) in [5.41, 5.74) is 5.56. The van der Waals surface area contributed by atoms with E-state index < -0.39 is 0 Å². The summed E-state index contributed by atoms with van der Waals surface area (Å²) in [5, 5.41) is 3.04. The average Bonchev–Trinajstić information content (AvgIpc) is 2.93. The van der Waals surface area contributed by atoms with Gasteiger partial charge in [-0.05, 0) is 92.0 Å². The number of carbonyl (C=O) groups excluding carboxylic acids is 2. The maximum Gasteiger partial charge on any atom is 0.305 e. The van der Waals surface area contributed by atoms with Gasteiger partial charge in [-0.3, -0.25) is 9.59 Å². The Labute approximate surface area is 245 Å². The fourth-order valence-corrected chi connectivity index (χ4v) is 4.70. The van der Waals surface area contributed by atoms with E-state index in [1.54, 1.807) is 25.1 Å². The zero-order chi connectivity index (χ0) is 29.9. The molecule has 6 heteroatoms. The molecule has 0 heterocycles. The molecule has 3 rings (SSSR count). The van der Waals surface area contributed by atoms with Gasteiger partial charge in [0.1, 0.15) is 17.6 Å². The Bertz CT molecular complexity index is 1300. The molecule has 1 N–H and O–H groups in total. The van der Waals surface area contributed by atoms with Crippen molar-refractivity contribution in [2.45, 2.75) is 73.8 Å². The van der Waals surface area contributed by atoms with Gasteiger partial charge in [0.2, 0.25) is 0 Å². The number of amides is 1. The van der Waals surface area contributed by atoms with Crippen LogP contribution in [0, 0.1) is 25.7 Å². The molecule has 41 heavy (non-hydrogen) atoms. The molecule has 220 valence electrons. The third-order valence-corrected chi connectivity index (χ3v) is 7.02. The highest BCUT2D eigenvalue weighted by Gasteiger charge is 2.21. The number of rotatable bonds is 14. The van der Waals surface area contributed by atoms with Crippen LogP contribution < -0.4 is 14.8 Å². The number of carbonyl (C=O) groups is 2. The second kappa shape index (κ2) is 15.3. The van der Waals surface area contributed by atoms with Gasteiger partial charge < -0.3 is 19.5 Å². The molecule has 6 nitrogen and oxygen atoms in total. The molecule has 0 saturated carbocycles. The molecule has 0 spiro atoms. The van der Waals surface area contributed by atoms with Gasteiger partial charge in [0.25, 0.3) is 5.91 Å². The molecule has 1 amide bonds. The van der Waals surface area contributed by atoms with E-state index >= 15 is 0 Å². The van der Waals surface area contributed by atoms with Crippen LogP contribution in [0.15, 0.2) is 60.7 Å². The second-order valence-corrected chi connectivity index (χ2v) is 11.2. The van der Waals surface area contributed by atoms with Crippen LogP contribution >= 0.6 is 0 Å². The van der Waals surface area contributed by atoms with E-state index in [0.29, 0.717) is 36.9 Å². The lowest BCUT2D eigenvalue weighted by atomic mass is 9.95. The van der Waals surface area contributed by atoms with E-state index in [-0.39, 0.29) is 30.3 Å². The van der Waals surface area contributed by atoms with Crippen LogP contribution in [0.1, 0.15) is 86.2 Å². The lowest BCUT2D eigenvalue weighted by molar-refractivity contribution is -0.143. The highest BCUT2D eigenvalue weighted by molar-refractivity contribution is 6.06. The first-order valence-corrected chi connectivity index (χ1v) is 14.6. The number of hydrogen-bond acceptors (Lipinski definition) is 5. The molecule has 1 atom stereocenters. The lowest BCUT2D eigenvalue weighted by Gasteiger charge is -2.25. The van der Waals surface area contributed by atoms with Crippen molar-refractivity contribution in [2.24, 2.45) is 11.8 Å². The molecule has 0 radical (unpaired) electrons. The summed E-state index contributed by atoms with van der Waals surface area (Å²) >= 11 is 0. The molecule has 0 fully saturated rings. The van der Waals surface area contributed by atoms with Crippen molar-refractivity contribution < 1.29 is 23.8 Å². The Morgan fingerprint density at radius 2 is 1.56 bits per heavy atom. The Balaban J connectivity index is 1.70. The van der Waals surface area contributed by atoms with Crippen LogP contribution in [-0.4, -0.2) is 25.1 Å². The van der Waals surface area contributed by atoms with Crippen molar-refractivity contribution in [1.29, 1.82) is 0 Å². The van der Waals surface area contributed by atoms with Gasteiger partial charge in [-0.25, -0.2) is 0 Å². The van der Waals surface area contributed by atoms with E-state index in [0.717, 1.165) is 34.5 Å². The number of ether oxygens (including phenoxy) is 3. The first-order valence-electron chi connectivity index (χ1n) is 14.6. The summed E-state index contributed by atoms with van der Waals surface area (Å²) in [6.45, 7) is 15.3. The maximum absolute atomic E-state index is 13.3. The van der Waals surface area contributed by atoms with Crippen LogP contribution in [0.25, 0.3) is 0 Å². The number of hydrogen-bond donors (Lipinski definition) is 1. The van der Waals surface area contributed by atoms with Crippen LogP contribution in [0.5, 0.6) is 11.5 Å². The first-order chi connectivity index (χ1) is 19.6. The monoisotopic (exact) mass is 559 g/mol. The highest BCUT2D eigenvalue weighted by Crippen LogP contribution is 2.34. The molecule has 1 unspecified atom stereocenters. The number of esters is 1. The van der Waals surface area contributed by atoms with Gasteiger partial charge in [-0.1, -0.05) is 64.1 Å². The van der Waals surface area contributed by atoms with Gasteiger partial charge >= 0.3 is 5.97 Å². The zero-order valence-corrected chi connectivity index (χ0v) is 25.6. The second-order valence-electron chi connectivity index (χ2n) is 11.2. The highest BCUT2D eigenvalue weighted by atomic mass is 16.5. The van der Waals surface area contributed by atoms with Crippen molar-refractivity contribution in [3.8, 4) is 11.5 Å². The molecule has 0 aromatic heterocycles. The molecular weight excluding hydrogens is 514 g/mol. The normalized spacial score (nSPS) is 11.8. The zero-order valence-electron chi connectivity index (χ0n) is 25.6. The largest absolute Gasteiger partial charge is 0.493 e. The minimum atomic E-state index is -0.260. The van der Waals surface area contributed by atoms with Gasteiger partial charge in [0, 0.05) is 12.1 Å². The van der Waals surface area contributed by atoms with Crippen molar-refractivity contribution >= 4 is 17.6 Å². The number of para-hydroxylation sites is 1. The van der Waals surface area contributed by atoms with E-state index in [1.807, 2.05) is 32.0 Å². The van der Waals surface area contributed by atoms with Gasteiger partial charge in [0.05, 0.1) is 18.8 Å². The van der Waals surface area contributed by atoms with Gasteiger partial charge in [0.15, 0.2) is 0 Å². The van der Waals surface area contributed by atoms with Crippen molar-refractivity contribution in [3.63, 3.8) is 0 Å². The predicted molar refractivity (Wildman–Crippen MR) is 165 cm³/mol. The molecule has 0 aliphatic heterocycles. The predicted octanol–water partition coefficient (Wildman–Crippen LogP) is 8.25. The Hall–Kier alpha value is -3.80. The number of benzene rings is 3. The van der Waals surface area contributed by atoms with Crippen LogP contribution in [0.3, 0.4) is 0 Å². The minimum absolute atomic E-state index is 0.0884. The maximum atomic E-state index is 13.3. The Morgan fingerprint density at radius 1 is 0.854 bits per heavy atom. The summed E-state index contributed by atoms with van der Waals surface area (Å²) in [5.74, 6) is 1.66. The third kappa shape index (κ3) is 9.10. The summed E-state index contributed by atoms with van der Waals surface area (Å²) in [7, 11) is 0. The van der Waals surface area contributed by atoms with Crippen molar-refractivity contribution in [2.75, 3.05) is 18.5 Å². The van der Waals surface area contributed by atoms with Gasteiger partial charge in [-0.2, -0.15) is 0 Å². The van der Waals surface area contributed by atoms with E-state index in [4.69, 9.17) is 14.2 Å². The van der Waals surface area contributed by atoms with Gasteiger partial charge in [-0.15, -0.1) is 0 Å². The lowest BCUT2D eigenvalue weighted by Crippen LogP contribution is -2.17. The fourth-order valence-electron chi connectivity index (χ4n) is 4.70. The van der Waals surface area contributed by atoms with E-state index in [9.17, 15) is 9.59 Å². The van der Waals surface area contributed by atoms with Crippen molar-refractivity contribution in [1.82, 2.24) is 0 Å². The third-order valence-electron chi connectivity index (χ3n) is 7.02. The molecular formula is C35H45NO5. The van der Waals surface area contributed by atoms with E-state index in [2.05, 4.69) is 57.3 Å². The molecule has 0 saturated heterocycles. The SMILES string of the molecule is CCOC(=O)CCCOc1ccccc1C(=O)Nc1ccc(OC(c2ccc(CC(C)C)cc2)C(C)C)c(C)c1C. The smallest absolute Gasteiger partial charge is 0.305 e. The standard InChI is InChI=1S/C35H45NO5/c1-8-39-33(37)14-11-21-40-32-13-10-9-12-29(32)35(38)36-30-19-20-31(26(7)25(30)6)41-34(24(4)5)28-17-15-27(16-18-28)22-23(2)3/h9-10,12-13,15-20,23-24,34H,8,11,14,21-22H2,1-7H3,(H,36,38). The van der Waals surface area contributed by atoms with Crippen LogP contribution in [-0.2, 0) is 16.0 Å². The van der Waals surface area contributed by atoms with Crippen LogP contribution in [0.4, 0.5) is 5.69 Å². The van der Waals surface area contributed by atoms with Crippen LogP contribution in [0.2, 0.25) is 0 Å².